The molecular weight excluding hydrogens is 427 g/mol. The van der Waals surface area contributed by atoms with E-state index in [4.69, 9.17) is 11.6 Å². The third-order valence-corrected chi connectivity index (χ3v) is 5.53. The lowest BCUT2D eigenvalue weighted by atomic mass is 9.92. The number of aromatic nitrogens is 2. The number of carbonyl (C=O) groups excluding carboxylic acids is 1. The third kappa shape index (κ3) is 4.37. The molecule has 0 fully saturated rings. The zero-order chi connectivity index (χ0) is 22.2. The monoisotopic (exact) mass is 445 g/mol. The highest BCUT2D eigenvalue weighted by Crippen LogP contribution is 2.31. The van der Waals surface area contributed by atoms with Crippen molar-refractivity contribution in [3.05, 3.63) is 87.7 Å². The van der Waals surface area contributed by atoms with Gasteiger partial charge in [0, 0.05) is 5.02 Å². The number of alkyl halides is 3. The van der Waals surface area contributed by atoms with Gasteiger partial charge in [-0.3, -0.25) is 4.79 Å². The summed E-state index contributed by atoms with van der Waals surface area (Å²) >= 11 is 5.99. The van der Waals surface area contributed by atoms with Crippen LogP contribution in [0.2, 0.25) is 5.02 Å². The predicted molar refractivity (Wildman–Crippen MR) is 113 cm³/mol. The average molecular weight is 446 g/mol. The number of carbonyl (C=O) groups is 1. The Balaban J connectivity index is 1.57. The van der Waals surface area contributed by atoms with E-state index in [1.165, 1.54) is 6.07 Å². The molecule has 1 aliphatic carbocycles. The zero-order valence-corrected chi connectivity index (χ0v) is 17.3. The minimum absolute atomic E-state index is 0.105. The Hall–Kier alpha value is -3.06. The maximum atomic E-state index is 13.3. The second-order valence-electron chi connectivity index (χ2n) is 7.37. The maximum absolute atomic E-state index is 13.3. The predicted octanol–water partition coefficient (Wildman–Crippen LogP) is 5.53. The number of allylic oxidation sites excluding steroid dienone is 1. The number of rotatable bonds is 5. The highest BCUT2D eigenvalue weighted by molar-refractivity contribution is 6.30. The van der Waals surface area contributed by atoms with E-state index in [-0.39, 0.29) is 18.1 Å². The molecule has 0 radical (unpaired) electrons. The number of halogens is 4. The average Bonchev–Trinajstić information content (AvgIpc) is 3.38. The molecule has 8 heteroatoms. The molecule has 160 valence electrons. The third-order valence-electron chi connectivity index (χ3n) is 5.30. The standard InChI is InChI=1S/C23H19ClF3N3O/c1-14(19-9-2-5-15-6-3-10-20(15)19)22(31)28-13-18-12-21(23(25,26)27)29-30(18)17-8-4-7-16(24)11-17/h2-9,11-12,14H,10,13H2,1H3,(H,28,31). The summed E-state index contributed by atoms with van der Waals surface area (Å²) < 4.78 is 40.9. The van der Waals surface area contributed by atoms with Gasteiger partial charge in [0.2, 0.25) is 5.91 Å². The molecule has 1 N–H and O–H groups in total. The highest BCUT2D eigenvalue weighted by atomic mass is 35.5. The lowest BCUT2D eigenvalue weighted by Gasteiger charge is -2.16. The van der Waals surface area contributed by atoms with E-state index < -0.39 is 17.8 Å². The van der Waals surface area contributed by atoms with Gasteiger partial charge in [0.1, 0.15) is 0 Å². The number of fused-ring (bicyclic) bond motifs is 1. The number of hydrogen-bond acceptors (Lipinski definition) is 2. The van der Waals surface area contributed by atoms with Crippen LogP contribution < -0.4 is 5.32 Å². The lowest BCUT2D eigenvalue weighted by molar-refractivity contribution is -0.141. The van der Waals surface area contributed by atoms with Crippen LogP contribution in [0.5, 0.6) is 0 Å². The van der Waals surface area contributed by atoms with E-state index in [1.807, 2.05) is 30.4 Å². The number of amides is 1. The van der Waals surface area contributed by atoms with Crippen LogP contribution in [0.3, 0.4) is 0 Å². The second kappa shape index (κ2) is 8.23. The normalized spacial score (nSPS) is 13.8. The topological polar surface area (TPSA) is 46.9 Å². The molecule has 0 aliphatic heterocycles. The highest BCUT2D eigenvalue weighted by Gasteiger charge is 2.35. The fourth-order valence-corrected chi connectivity index (χ4v) is 3.90. The summed E-state index contributed by atoms with van der Waals surface area (Å²) in [5.74, 6) is -0.716. The van der Waals surface area contributed by atoms with Gasteiger partial charge in [-0.2, -0.15) is 18.3 Å². The van der Waals surface area contributed by atoms with Gasteiger partial charge in [-0.1, -0.05) is 48.0 Å². The van der Waals surface area contributed by atoms with Crippen molar-refractivity contribution >= 4 is 23.6 Å². The van der Waals surface area contributed by atoms with E-state index in [1.54, 1.807) is 25.1 Å². The largest absolute Gasteiger partial charge is 0.435 e. The molecular formula is C23H19ClF3N3O. The summed E-state index contributed by atoms with van der Waals surface area (Å²) in [5, 5.41) is 6.82. The lowest BCUT2D eigenvalue weighted by Crippen LogP contribution is -2.29. The Labute approximate surface area is 182 Å². The van der Waals surface area contributed by atoms with E-state index in [0.29, 0.717) is 10.7 Å². The number of benzene rings is 2. The van der Waals surface area contributed by atoms with Gasteiger partial charge in [-0.15, -0.1) is 0 Å². The summed E-state index contributed by atoms with van der Waals surface area (Å²) in [6.07, 6.45) is 0.222. The van der Waals surface area contributed by atoms with E-state index in [9.17, 15) is 18.0 Å². The Bertz CT molecular complexity index is 1170. The van der Waals surface area contributed by atoms with Gasteiger partial charge < -0.3 is 5.32 Å². The Morgan fingerprint density at radius 1 is 1.23 bits per heavy atom. The van der Waals surface area contributed by atoms with E-state index in [2.05, 4.69) is 10.4 Å². The fraction of sp³-hybridized carbons (Fsp3) is 0.217. The number of nitrogens with zero attached hydrogens (tertiary/aromatic N) is 2. The molecule has 0 bridgehead atoms. The van der Waals surface area contributed by atoms with Gasteiger partial charge in [-0.25, -0.2) is 4.68 Å². The first kappa shape index (κ1) is 21.2. The van der Waals surface area contributed by atoms with Crippen molar-refractivity contribution in [2.75, 3.05) is 0 Å². The quantitative estimate of drug-likeness (QED) is 0.561. The van der Waals surface area contributed by atoms with Crippen molar-refractivity contribution in [3.8, 4) is 5.69 Å². The van der Waals surface area contributed by atoms with Gasteiger partial charge in [0.25, 0.3) is 0 Å². The molecule has 1 unspecified atom stereocenters. The first-order valence-corrected chi connectivity index (χ1v) is 10.1. The summed E-state index contributed by atoms with van der Waals surface area (Å²) in [7, 11) is 0. The van der Waals surface area contributed by atoms with Crippen LogP contribution in [0.4, 0.5) is 13.2 Å². The summed E-state index contributed by atoms with van der Waals surface area (Å²) in [6, 6.07) is 13.1. The first-order chi connectivity index (χ1) is 14.7. The zero-order valence-electron chi connectivity index (χ0n) is 16.6. The molecule has 0 saturated carbocycles. The van der Waals surface area contributed by atoms with Crippen molar-refractivity contribution < 1.29 is 18.0 Å². The molecule has 1 aromatic heterocycles. The molecule has 1 aliphatic rings. The minimum Gasteiger partial charge on any atom is -0.350 e. The Kier molecular flexibility index (Phi) is 5.62. The maximum Gasteiger partial charge on any atom is 0.435 e. The molecule has 2 aromatic carbocycles. The van der Waals surface area contributed by atoms with Crippen LogP contribution in [-0.2, 0) is 23.9 Å². The van der Waals surface area contributed by atoms with Crippen LogP contribution in [0.25, 0.3) is 11.8 Å². The molecule has 0 spiro atoms. The van der Waals surface area contributed by atoms with Gasteiger partial charge in [0.15, 0.2) is 5.69 Å². The van der Waals surface area contributed by atoms with Crippen LogP contribution >= 0.6 is 11.6 Å². The van der Waals surface area contributed by atoms with Gasteiger partial charge in [0.05, 0.1) is 23.8 Å². The SMILES string of the molecule is CC(C(=O)NCc1cc(C(F)(F)F)nn1-c1cccc(Cl)c1)c1cccc2c1CC=C2. The number of nitrogens with one attached hydrogen (secondary N) is 1. The molecule has 31 heavy (non-hydrogen) atoms. The first-order valence-electron chi connectivity index (χ1n) is 9.72. The van der Waals surface area contributed by atoms with Crippen LogP contribution in [0, 0.1) is 0 Å². The fourth-order valence-electron chi connectivity index (χ4n) is 3.71. The van der Waals surface area contributed by atoms with Gasteiger partial charge >= 0.3 is 6.18 Å². The van der Waals surface area contributed by atoms with Crippen molar-refractivity contribution in [1.29, 1.82) is 0 Å². The van der Waals surface area contributed by atoms with Crippen molar-refractivity contribution in [2.45, 2.75) is 32.0 Å². The van der Waals surface area contributed by atoms with Gasteiger partial charge in [-0.05, 0) is 54.3 Å². The van der Waals surface area contributed by atoms with E-state index >= 15 is 0 Å². The Morgan fingerprint density at radius 3 is 2.74 bits per heavy atom. The van der Waals surface area contributed by atoms with Crippen molar-refractivity contribution in [2.24, 2.45) is 0 Å². The smallest absolute Gasteiger partial charge is 0.350 e. The molecule has 3 aromatic rings. The molecule has 1 atom stereocenters. The van der Waals surface area contributed by atoms with E-state index in [0.717, 1.165) is 33.9 Å². The summed E-state index contributed by atoms with van der Waals surface area (Å²) in [5.41, 5.74) is 2.66. The van der Waals surface area contributed by atoms with Crippen LogP contribution in [0.15, 0.2) is 54.6 Å². The van der Waals surface area contributed by atoms with Crippen LogP contribution in [-0.4, -0.2) is 15.7 Å². The molecule has 4 nitrogen and oxygen atoms in total. The minimum atomic E-state index is -4.60. The molecule has 1 heterocycles. The molecule has 4 rings (SSSR count). The Morgan fingerprint density at radius 2 is 2.00 bits per heavy atom. The summed E-state index contributed by atoms with van der Waals surface area (Å²) in [4.78, 5) is 12.8. The molecule has 0 saturated heterocycles. The summed E-state index contributed by atoms with van der Waals surface area (Å²) in [6.45, 7) is 1.69. The van der Waals surface area contributed by atoms with Crippen molar-refractivity contribution in [3.63, 3.8) is 0 Å². The second-order valence-corrected chi connectivity index (χ2v) is 7.81. The van der Waals surface area contributed by atoms with Crippen LogP contribution in [0.1, 0.15) is 40.9 Å². The van der Waals surface area contributed by atoms with Crippen molar-refractivity contribution in [1.82, 2.24) is 15.1 Å². The molecule has 1 amide bonds. The number of hydrogen-bond donors (Lipinski definition) is 1.